The molecule has 0 aromatic heterocycles. The fourth-order valence-electron chi connectivity index (χ4n) is 2.32. The number of esters is 1. The Labute approximate surface area is 114 Å². The van der Waals surface area contributed by atoms with Crippen molar-refractivity contribution in [1.82, 2.24) is 5.32 Å². The van der Waals surface area contributed by atoms with Gasteiger partial charge in [0.2, 0.25) is 0 Å². The molecule has 1 aliphatic heterocycles. The zero-order valence-corrected chi connectivity index (χ0v) is 11.5. The van der Waals surface area contributed by atoms with Crippen LogP contribution >= 0.6 is 0 Å². The largest absolute Gasteiger partial charge is 0.465 e. The van der Waals surface area contributed by atoms with Gasteiger partial charge >= 0.3 is 5.97 Å². The van der Waals surface area contributed by atoms with Gasteiger partial charge in [-0.3, -0.25) is 4.79 Å². The summed E-state index contributed by atoms with van der Waals surface area (Å²) in [4.78, 5) is 13.6. The molecule has 1 heterocycles. The lowest BCUT2D eigenvalue weighted by molar-refractivity contribution is -0.142. The number of hydrogen-bond donors (Lipinski definition) is 1. The van der Waals surface area contributed by atoms with Gasteiger partial charge in [0.25, 0.3) is 0 Å². The number of anilines is 1. The first kappa shape index (κ1) is 13.9. The number of hydrogen-bond acceptors (Lipinski definition) is 4. The Hall–Kier alpha value is -1.55. The van der Waals surface area contributed by atoms with Gasteiger partial charge in [-0.1, -0.05) is 12.1 Å². The topological polar surface area (TPSA) is 41.6 Å². The number of carbonyl (C=O) groups is 1. The van der Waals surface area contributed by atoms with Crippen LogP contribution in [0.1, 0.15) is 25.3 Å². The van der Waals surface area contributed by atoms with Gasteiger partial charge < -0.3 is 15.0 Å². The predicted octanol–water partition coefficient (Wildman–Crippen LogP) is 1.94. The third-order valence-electron chi connectivity index (χ3n) is 3.31. The van der Waals surface area contributed by atoms with Crippen molar-refractivity contribution in [3.63, 3.8) is 0 Å². The van der Waals surface area contributed by atoms with Crippen LogP contribution < -0.4 is 10.2 Å². The van der Waals surface area contributed by atoms with E-state index in [-0.39, 0.29) is 12.5 Å². The molecule has 0 unspecified atom stereocenters. The van der Waals surface area contributed by atoms with E-state index in [1.807, 2.05) is 6.92 Å². The minimum absolute atomic E-state index is 0.198. The molecule has 0 saturated carbocycles. The first-order valence-electron chi connectivity index (χ1n) is 7.00. The molecule has 4 nitrogen and oxygen atoms in total. The molecule has 104 valence electrons. The first-order valence-corrected chi connectivity index (χ1v) is 7.00. The minimum atomic E-state index is -0.198. The summed E-state index contributed by atoms with van der Waals surface area (Å²) in [5, 5.41) is 3.09. The first-order chi connectivity index (χ1) is 9.29. The zero-order chi connectivity index (χ0) is 13.5. The average Bonchev–Trinajstić information content (AvgIpc) is 2.94. The molecule has 0 atom stereocenters. The molecule has 1 fully saturated rings. The fraction of sp³-hybridized carbons (Fsp3) is 0.533. The van der Waals surface area contributed by atoms with Crippen LogP contribution in [0, 0.1) is 0 Å². The van der Waals surface area contributed by atoms with Crippen molar-refractivity contribution >= 4 is 11.7 Å². The van der Waals surface area contributed by atoms with Crippen molar-refractivity contribution in [3.05, 3.63) is 29.8 Å². The molecule has 2 rings (SSSR count). The molecule has 1 saturated heterocycles. The lowest BCUT2D eigenvalue weighted by Crippen LogP contribution is -2.24. The lowest BCUT2D eigenvalue weighted by Gasteiger charge is -2.17. The van der Waals surface area contributed by atoms with Crippen LogP contribution in [0.2, 0.25) is 0 Å². The third kappa shape index (κ3) is 4.24. The van der Waals surface area contributed by atoms with E-state index in [0.29, 0.717) is 13.2 Å². The molecule has 0 amide bonds. The summed E-state index contributed by atoms with van der Waals surface area (Å²) < 4.78 is 4.86. The van der Waals surface area contributed by atoms with Crippen LogP contribution in [-0.4, -0.2) is 32.2 Å². The second-order valence-corrected chi connectivity index (χ2v) is 4.77. The smallest absolute Gasteiger partial charge is 0.319 e. The van der Waals surface area contributed by atoms with E-state index >= 15 is 0 Å². The van der Waals surface area contributed by atoms with Crippen molar-refractivity contribution < 1.29 is 9.53 Å². The minimum Gasteiger partial charge on any atom is -0.465 e. The van der Waals surface area contributed by atoms with Crippen molar-refractivity contribution in [2.45, 2.75) is 26.3 Å². The highest BCUT2D eigenvalue weighted by molar-refractivity contribution is 5.71. The van der Waals surface area contributed by atoms with Gasteiger partial charge in [0.15, 0.2) is 0 Å². The molecule has 0 radical (unpaired) electrons. The van der Waals surface area contributed by atoms with E-state index in [1.165, 1.54) is 37.2 Å². The van der Waals surface area contributed by atoms with Gasteiger partial charge in [-0.15, -0.1) is 0 Å². The number of nitrogens with zero attached hydrogens (tertiary/aromatic N) is 1. The van der Waals surface area contributed by atoms with Crippen molar-refractivity contribution in [2.24, 2.45) is 0 Å². The zero-order valence-electron chi connectivity index (χ0n) is 11.5. The maximum Gasteiger partial charge on any atom is 0.319 e. The highest BCUT2D eigenvalue weighted by atomic mass is 16.5. The SMILES string of the molecule is CCOC(=O)CNCc1ccc(N2CCCC2)cc1. The molecule has 1 aromatic rings. The predicted molar refractivity (Wildman–Crippen MR) is 76.2 cm³/mol. The Kier molecular flexibility index (Phi) is 5.21. The molecule has 0 spiro atoms. The maximum absolute atomic E-state index is 11.2. The summed E-state index contributed by atoms with van der Waals surface area (Å²) in [7, 11) is 0. The van der Waals surface area contributed by atoms with E-state index in [1.54, 1.807) is 0 Å². The number of benzene rings is 1. The van der Waals surface area contributed by atoms with Crippen LogP contribution in [0.25, 0.3) is 0 Å². The second kappa shape index (κ2) is 7.14. The Morgan fingerprint density at radius 3 is 2.58 bits per heavy atom. The monoisotopic (exact) mass is 262 g/mol. The average molecular weight is 262 g/mol. The van der Waals surface area contributed by atoms with E-state index in [2.05, 4.69) is 34.5 Å². The molecule has 1 aliphatic rings. The van der Waals surface area contributed by atoms with Gasteiger partial charge in [-0.25, -0.2) is 0 Å². The highest BCUT2D eigenvalue weighted by Crippen LogP contribution is 2.20. The van der Waals surface area contributed by atoms with Gasteiger partial charge in [0, 0.05) is 25.3 Å². The summed E-state index contributed by atoms with van der Waals surface area (Å²) in [6, 6.07) is 8.55. The number of rotatable bonds is 6. The van der Waals surface area contributed by atoms with Crippen molar-refractivity contribution in [1.29, 1.82) is 0 Å². The van der Waals surface area contributed by atoms with Gasteiger partial charge in [0.05, 0.1) is 13.2 Å². The third-order valence-corrected chi connectivity index (χ3v) is 3.31. The van der Waals surface area contributed by atoms with Crippen molar-refractivity contribution in [2.75, 3.05) is 31.1 Å². The second-order valence-electron chi connectivity index (χ2n) is 4.77. The van der Waals surface area contributed by atoms with Gasteiger partial charge in [-0.2, -0.15) is 0 Å². The Balaban J connectivity index is 1.77. The van der Waals surface area contributed by atoms with Crippen LogP contribution in [-0.2, 0) is 16.1 Å². The summed E-state index contributed by atoms with van der Waals surface area (Å²) in [6.45, 7) is 5.54. The van der Waals surface area contributed by atoms with Crippen molar-refractivity contribution in [3.8, 4) is 0 Å². The summed E-state index contributed by atoms with van der Waals surface area (Å²) >= 11 is 0. The molecule has 0 aliphatic carbocycles. The van der Waals surface area contributed by atoms with Gasteiger partial charge in [-0.05, 0) is 37.5 Å². The summed E-state index contributed by atoms with van der Waals surface area (Å²) in [6.07, 6.45) is 2.59. The standard InChI is InChI=1S/C15H22N2O2/c1-2-19-15(18)12-16-11-13-5-7-14(8-6-13)17-9-3-4-10-17/h5-8,16H,2-4,9-12H2,1H3. The number of carbonyl (C=O) groups excluding carboxylic acids is 1. The molecular weight excluding hydrogens is 240 g/mol. The fourth-order valence-corrected chi connectivity index (χ4v) is 2.32. The quantitative estimate of drug-likeness (QED) is 0.796. The number of nitrogens with one attached hydrogen (secondary N) is 1. The van der Waals surface area contributed by atoms with Gasteiger partial charge in [0.1, 0.15) is 0 Å². The highest BCUT2D eigenvalue weighted by Gasteiger charge is 2.11. The normalized spacial score (nSPS) is 14.7. The molecule has 1 aromatic carbocycles. The molecule has 4 heteroatoms. The Morgan fingerprint density at radius 1 is 1.26 bits per heavy atom. The molecular formula is C15H22N2O2. The van der Waals surface area contributed by atoms with E-state index in [0.717, 1.165) is 0 Å². The summed E-state index contributed by atoms with van der Waals surface area (Å²) in [5.41, 5.74) is 2.49. The van der Waals surface area contributed by atoms with Crippen LogP contribution in [0.4, 0.5) is 5.69 Å². The Morgan fingerprint density at radius 2 is 1.95 bits per heavy atom. The van der Waals surface area contributed by atoms with Crippen LogP contribution in [0.3, 0.4) is 0 Å². The van der Waals surface area contributed by atoms with E-state index in [4.69, 9.17) is 4.74 Å². The van der Waals surface area contributed by atoms with E-state index < -0.39 is 0 Å². The summed E-state index contributed by atoms with van der Waals surface area (Å²) in [5.74, 6) is -0.198. The molecule has 1 N–H and O–H groups in total. The van der Waals surface area contributed by atoms with Crippen LogP contribution in [0.5, 0.6) is 0 Å². The van der Waals surface area contributed by atoms with Crippen LogP contribution in [0.15, 0.2) is 24.3 Å². The maximum atomic E-state index is 11.2. The van der Waals surface area contributed by atoms with E-state index in [9.17, 15) is 4.79 Å². The lowest BCUT2D eigenvalue weighted by atomic mass is 10.2. The number of ether oxygens (including phenoxy) is 1. The molecule has 19 heavy (non-hydrogen) atoms. The Bertz CT molecular complexity index is 397. The molecule has 0 bridgehead atoms.